The second-order valence-corrected chi connectivity index (χ2v) is 8.09. The first-order valence-corrected chi connectivity index (χ1v) is 10.8. The van der Waals surface area contributed by atoms with E-state index in [0.717, 1.165) is 11.3 Å². The molecule has 150 valence electrons. The molecule has 0 bridgehead atoms. The van der Waals surface area contributed by atoms with E-state index in [9.17, 15) is 4.79 Å². The molecule has 1 heterocycles. The van der Waals surface area contributed by atoms with Crippen LogP contribution in [0.5, 0.6) is 0 Å². The summed E-state index contributed by atoms with van der Waals surface area (Å²) >= 11 is 13.4. The Labute approximate surface area is 188 Å². The van der Waals surface area contributed by atoms with E-state index in [1.165, 1.54) is 11.8 Å². The summed E-state index contributed by atoms with van der Waals surface area (Å²) in [6, 6.07) is 24.3. The van der Waals surface area contributed by atoms with Crippen molar-refractivity contribution in [3.63, 3.8) is 0 Å². The van der Waals surface area contributed by atoms with Crippen LogP contribution in [0.15, 0.2) is 84.0 Å². The fraction of sp³-hybridized carbons (Fsp3) is 0.0455. The lowest BCUT2D eigenvalue weighted by Gasteiger charge is -2.11. The third-order valence-corrected chi connectivity index (χ3v) is 5.74. The van der Waals surface area contributed by atoms with Crippen LogP contribution in [-0.4, -0.2) is 26.4 Å². The second kappa shape index (κ2) is 9.34. The Bertz CT molecular complexity index is 1160. The third kappa shape index (κ3) is 4.67. The van der Waals surface area contributed by atoms with E-state index in [0.29, 0.717) is 26.7 Å². The molecule has 0 aliphatic carbocycles. The monoisotopic (exact) mass is 454 g/mol. The van der Waals surface area contributed by atoms with Gasteiger partial charge in [-0.25, -0.2) is 0 Å². The zero-order valence-corrected chi connectivity index (χ0v) is 18.0. The lowest BCUT2D eigenvalue weighted by atomic mass is 10.2. The van der Waals surface area contributed by atoms with Crippen molar-refractivity contribution in [3.05, 3.63) is 88.9 Å². The number of nitrogens with zero attached hydrogens (tertiary/aromatic N) is 3. The molecule has 0 saturated heterocycles. The summed E-state index contributed by atoms with van der Waals surface area (Å²) in [7, 11) is 0. The summed E-state index contributed by atoms with van der Waals surface area (Å²) in [5.41, 5.74) is 2.36. The maximum absolute atomic E-state index is 12.4. The molecule has 4 rings (SSSR count). The van der Waals surface area contributed by atoms with Crippen LogP contribution < -0.4 is 5.32 Å². The molecule has 1 aromatic heterocycles. The van der Waals surface area contributed by atoms with Crippen molar-refractivity contribution in [1.29, 1.82) is 0 Å². The Morgan fingerprint density at radius 2 is 1.60 bits per heavy atom. The fourth-order valence-electron chi connectivity index (χ4n) is 2.84. The van der Waals surface area contributed by atoms with Crippen molar-refractivity contribution in [2.24, 2.45) is 0 Å². The molecule has 0 saturated carbocycles. The number of aromatic nitrogens is 3. The van der Waals surface area contributed by atoms with Gasteiger partial charge in [-0.05, 0) is 48.5 Å². The van der Waals surface area contributed by atoms with Crippen molar-refractivity contribution < 1.29 is 4.79 Å². The predicted octanol–water partition coefficient (Wildman–Crippen LogP) is 5.97. The van der Waals surface area contributed by atoms with Gasteiger partial charge in [0.05, 0.1) is 16.5 Å². The highest BCUT2D eigenvalue weighted by atomic mass is 35.5. The highest BCUT2D eigenvalue weighted by Gasteiger charge is 2.17. The number of benzene rings is 3. The summed E-state index contributed by atoms with van der Waals surface area (Å²) in [5, 5.41) is 13.3. The molecule has 1 N–H and O–H groups in total. The minimum atomic E-state index is -0.177. The first-order valence-electron chi connectivity index (χ1n) is 9.06. The molecular formula is C22H16Cl2N4OS. The molecule has 5 nitrogen and oxygen atoms in total. The van der Waals surface area contributed by atoms with Gasteiger partial charge < -0.3 is 5.32 Å². The number of para-hydroxylation sites is 2. The first-order chi connectivity index (χ1) is 14.6. The van der Waals surface area contributed by atoms with Gasteiger partial charge in [-0.1, -0.05) is 65.3 Å². The first kappa shape index (κ1) is 20.5. The number of nitrogens with one attached hydrogen (secondary N) is 1. The Morgan fingerprint density at radius 3 is 2.33 bits per heavy atom. The number of anilines is 1. The van der Waals surface area contributed by atoms with E-state index in [1.54, 1.807) is 12.1 Å². The minimum Gasteiger partial charge on any atom is -0.324 e. The molecule has 0 aliphatic heterocycles. The number of carbonyl (C=O) groups is 1. The van der Waals surface area contributed by atoms with Crippen molar-refractivity contribution in [2.45, 2.75) is 5.16 Å². The molecule has 0 unspecified atom stereocenters. The predicted molar refractivity (Wildman–Crippen MR) is 123 cm³/mol. The SMILES string of the molecule is O=C(CSc1nnc(-c2ccc(Cl)cc2)n1-c1ccccc1)Nc1ccccc1Cl. The zero-order chi connectivity index (χ0) is 20.9. The van der Waals surface area contributed by atoms with Gasteiger partial charge in [0.2, 0.25) is 5.91 Å². The van der Waals surface area contributed by atoms with Crippen LogP contribution in [0.3, 0.4) is 0 Å². The number of hydrogen-bond donors (Lipinski definition) is 1. The highest BCUT2D eigenvalue weighted by molar-refractivity contribution is 7.99. The zero-order valence-electron chi connectivity index (χ0n) is 15.6. The normalized spacial score (nSPS) is 10.7. The number of carbonyl (C=O) groups excluding carboxylic acids is 1. The summed E-state index contributed by atoms with van der Waals surface area (Å²) in [5.74, 6) is 0.659. The number of halogens is 2. The fourth-order valence-corrected chi connectivity index (χ4v) is 3.90. The molecule has 0 atom stereocenters. The van der Waals surface area contributed by atoms with Crippen molar-refractivity contribution in [2.75, 3.05) is 11.1 Å². The van der Waals surface area contributed by atoms with E-state index in [1.807, 2.05) is 71.3 Å². The summed E-state index contributed by atoms with van der Waals surface area (Å²) in [4.78, 5) is 12.4. The average molecular weight is 455 g/mol. The van der Waals surface area contributed by atoms with Gasteiger partial charge in [-0.2, -0.15) is 0 Å². The summed E-state index contributed by atoms with van der Waals surface area (Å²) < 4.78 is 1.93. The van der Waals surface area contributed by atoms with Crippen LogP contribution in [-0.2, 0) is 4.79 Å². The van der Waals surface area contributed by atoms with E-state index in [-0.39, 0.29) is 11.7 Å². The molecule has 8 heteroatoms. The van der Waals surface area contributed by atoms with E-state index in [4.69, 9.17) is 23.2 Å². The number of amides is 1. The van der Waals surface area contributed by atoms with Gasteiger partial charge in [0.1, 0.15) is 0 Å². The second-order valence-electron chi connectivity index (χ2n) is 6.30. The van der Waals surface area contributed by atoms with Crippen LogP contribution in [0, 0.1) is 0 Å². The number of hydrogen-bond acceptors (Lipinski definition) is 4. The lowest BCUT2D eigenvalue weighted by Crippen LogP contribution is -2.14. The number of thioether (sulfide) groups is 1. The quantitative estimate of drug-likeness (QED) is 0.364. The maximum Gasteiger partial charge on any atom is 0.234 e. The van der Waals surface area contributed by atoms with Crippen molar-refractivity contribution >= 4 is 46.6 Å². The van der Waals surface area contributed by atoms with Crippen molar-refractivity contribution in [1.82, 2.24) is 14.8 Å². The molecule has 3 aromatic carbocycles. The van der Waals surface area contributed by atoms with Crippen LogP contribution >= 0.6 is 35.0 Å². The highest BCUT2D eigenvalue weighted by Crippen LogP contribution is 2.29. The third-order valence-electron chi connectivity index (χ3n) is 4.23. The van der Waals surface area contributed by atoms with Crippen molar-refractivity contribution in [3.8, 4) is 17.1 Å². The van der Waals surface area contributed by atoms with Crippen LogP contribution in [0.2, 0.25) is 10.0 Å². The Kier molecular flexibility index (Phi) is 6.38. The molecule has 0 spiro atoms. The van der Waals surface area contributed by atoms with E-state index < -0.39 is 0 Å². The van der Waals surface area contributed by atoms with Gasteiger partial charge in [0.15, 0.2) is 11.0 Å². The smallest absolute Gasteiger partial charge is 0.234 e. The number of rotatable bonds is 6. The largest absolute Gasteiger partial charge is 0.324 e. The topological polar surface area (TPSA) is 59.8 Å². The van der Waals surface area contributed by atoms with Gasteiger partial charge in [0.25, 0.3) is 0 Å². The molecule has 4 aromatic rings. The molecule has 1 amide bonds. The van der Waals surface area contributed by atoms with E-state index in [2.05, 4.69) is 15.5 Å². The van der Waals surface area contributed by atoms with Gasteiger partial charge in [-0.3, -0.25) is 9.36 Å². The maximum atomic E-state index is 12.4. The summed E-state index contributed by atoms with van der Waals surface area (Å²) in [6.07, 6.45) is 0. The molecule has 30 heavy (non-hydrogen) atoms. The van der Waals surface area contributed by atoms with Crippen LogP contribution in [0.25, 0.3) is 17.1 Å². The molecule has 0 fully saturated rings. The Balaban J connectivity index is 1.59. The van der Waals surface area contributed by atoms with Crippen LogP contribution in [0.1, 0.15) is 0 Å². The standard InChI is InChI=1S/C22H16Cl2N4OS/c23-16-12-10-15(11-13-16)21-26-27-22(28(21)17-6-2-1-3-7-17)30-14-20(29)25-19-9-5-4-8-18(19)24/h1-13H,14H2,(H,25,29). The van der Waals surface area contributed by atoms with E-state index >= 15 is 0 Å². The summed E-state index contributed by atoms with van der Waals surface area (Å²) in [6.45, 7) is 0. The Morgan fingerprint density at radius 1 is 0.900 bits per heavy atom. The van der Waals surface area contributed by atoms with Crippen LogP contribution in [0.4, 0.5) is 5.69 Å². The average Bonchev–Trinajstić information content (AvgIpc) is 3.19. The Hall–Kier alpha value is -2.80. The molecule has 0 radical (unpaired) electrons. The lowest BCUT2D eigenvalue weighted by molar-refractivity contribution is -0.113. The van der Waals surface area contributed by atoms with Gasteiger partial charge in [-0.15, -0.1) is 10.2 Å². The minimum absolute atomic E-state index is 0.163. The molecule has 0 aliphatic rings. The van der Waals surface area contributed by atoms with Gasteiger partial charge >= 0.3 is 0 Å². The van der Waals surface area contributed by atoms with Gasteiger partial charge in [0, 0.05) is 16.3 Å². The molecular weight excluding hydrogens is 439 g/mol.